The second kappa shape index (κ2) is 9.47. The Morgan fingerprint density at radius 3 is 2.55 bits per heavy atom. The normalized spacial score (nSPS) is 14.4. The van der Waals surface area contributed by atoms with E-state index in [1.807, 2.05) is 56.3 Å². The maximum Gasteiger partial charge on any atom is 0.263 e. The maximum atomic E-state index is 12.8. The van der Waals surface area contributed by atoms with Crippen LogP contribution in [-0.4, -0.2) is 29.0 Å². The van der Waals surface area contributed by atoms with E-state index in [2.05, 4.69) is 36.1 Å². The highest BCUT2D eigenvalue weighted by atomic mass is 79.9. The minimum Gasteiger partial charge on any atom is -0.436 e. The summed E-state index contributed by atoms with van der Waals surface area (Å²) in [5.74, 6) is 2.01. The minimum absolute atomic E-state index is 0.0308. The summed E-state index contributed by atoms with van der Waals surface area (Å²) in [6.07, 6.45) is 4.82. The molecule has 0 saturated carbocycles. The summed E-state index contributed by atoms with van der Waals surface area (Å²) >= 11 is 3.46. The molecule has 2 aromatic carbocycles. The topological polar surface area (TPSA) is 67.4 Å². The molecule has 1 N–H and O–H groups in total. The van der Waals surface area contributed by atoms with Crippen LogP contribution in [0.5, 0.6) is 11.6 Å². The number of benzene rings is 2. The first-order valence-electron chi connectivity index (χ1n) is 10.4. The highest BCUT2D eigenvalue weighted by molar-refractivity contribution is 9.10. The first-order chi connectivity index (χ1) is 15.0. The Morgan fingerprint density at radius 1 is 1.06 bits per heavy atom. The first kappa shape index (κ1) is 21.3. The van der Waals surface area contributed by atoms with E-state index in [1.165, 1.54) is 0 Å². The summed E-state index contributed by atoms with van der Waals surface area (Å²) in [7, 11) is 0. The number of amides is 1. The largest absolute Gasteiger partial charge is 0.436 e. The molecule has 0 atom stereocenters. The number of hydrogen-bond donors (Lipinski definition) is 1. The van der Waals surface area contributed by atoms with E-state index in [-0.39, 0.29) is 11.8 Å². The number of anilines is 2. The predicted octanol–water partition coefficient (Wildman–Crippen LogP) is 5.50. The number of halogens is 1. The monoisotopic (exact) mass is 480 g/mol. The minimum atomic E-state index is -0.0308. The van der Waals surface area contributed by atoms with Gasteiger partial charge in [0.15, 0.2) is 5.82 Å². The number of carbonyl (C=O) groups excluding carboxylic acids is 1. The summed E-state index contributed by atoms with van der Waals surface area (Å²) in [6, 6.07) is 13.7. The van der Waals surface area contributed by atoms with Crippen LogP contribution in [-0.2, 0) is 4.79 Å². The Balaban J connectivity index is 1.41. The summed E-state index contributed by atoms with van der Waals surface area (Å²) in [5, 5.41) is 3.08. The van der Waals surface area contributed by atoms with Crippen LogP contribution in [0.4, 0.5) is 11.5 Å². The van der Waals surface area contributed by atoms with Crippen LogP contribution in [0.2, 0.25) is 0 Å². The number of piperidine rings is 1. The van der Waals surface area contributed by atoms with Crippen molar-refractivity contribution in [2.75, 3.05) is 23.3 Å². The van der Waals surface area contributed by atoms with E-state index in [4.69, 9.17) is 4.74 Å². The number of nitrogens with zero attached hydrogens (tertiary/aromatic N) is 3. The molecule has 0 bridgehead atoms. The molecule has 1 fully saturated rings. The van der Waals surface area contributed by atoms with Gasteiger partial charge in [-0.2, -0.15) is 0 Å². The van der Waals surface area contributed by atoms with Crippen molar-refractivity contribution >= 4 is 33.3 Å². The molecule has 160 valence electrons. The third-order valence-electron chi connectivity index (χ3n) is 5.56. The van der Waals surface area contributed by atoms with E-state index >= 15 is 0 Å². The molecule has 1 aliphatic heterocycles. The molecular weight excluding hydrogens is 456 g/mol. The van der Waals surface area contributed by atoms with Gasteiger partial charge >= 0.3 is 0 Å². The van der Waals surface area contributed by atoms with Crippen molar-refractivity contribution < 1.29 is 9.53 Å². The van der Waals surface area contributed by atoms with Gasteiger partial charge in [0, 0.05) is 41.6 Å². The van der Waals surface area contributed by atoms with Gasteiger partial charge in [-0.3, -0.25) is 4.79 Å². The molecule has 0 unspecified atom stereocenters. The average Bonchev–Trinajstić information content (AvgIpc) is 2.78. The van der Waals surface area contributed by atoms with Crippen molar-refractivity contribution in [3.05, 3.63) is 70.5 Å². The fourth-order valence-corrected chi connectivity index (χ4v) is 4.21. The Morgan fingerprint density at radius 2 is 1.81 bits per heavy atom. The first-order valence-corrected chi connectivity index (χ1v) is 11.2. The predicted molar refractivity (Wildman–Crippen MR) is 126 cm³/mol. The fraction of sp³-hybridized carbons (Fsp3) is 0.292. The molecular formula is C24H25BrN4O2. The molecule has 1 saturated heterocycles. The lowest BCUT2D eigenvalue weighted by molar-refractivity contribution is -0.120. The molecule has 2 heterocycles. The highest BCUT2D eigenvalue weighted by Crippen LogP contribution is 2.32. The van der Waals surface area contributed by atoms with Gasteiger partial charge in [0.25, 0.3) is 5.88 Å². The van der Waals surface area contributed by atoms with E-state index < -0.39 is 0 Å². The summed E-state index contributed by atoms with van der Waals surface area (Å²) in [6.45, 7) is 5.44. The molecule has 7 heteroatoms. The van der Waals surface area contributed by atoms with Gasteiger partial charge in [-0.25, -0.2) is 9.97 Å². The lowest BCUT2D eigenvalue weighted by Crippen LogP contribution is -2.38. The third-order valence-corrected chi connectivity index (χ3v) is 6.05. The number of hydrogen-bond acceptors (Lipinski definition) is 5. The Bertz CT molecular complexity index is 1080. The van der Waals surface area contributed by atoms with Crippen LogP contribution in [0.15, 0.2) is 59.3 Å². The van der Waals surface area contributed by atoms with Crippen LogP contribution in [0.25, 0.3) is 0 Å². The number of rotatable bonds is 5. The number of aromatic nitrogens is 2. The van der Waals surface area contributed by atoms with Gasteiger partial charge in [0.2, 0.25) is 5.91 Å². The maximum absolute atomic E-state index is 12.8. The van der Waals surface area contributed by atoms with Crippen molar-refractivity contribution in [2.24, 2.45) is 5.92 Å². The quantitative estimate of drug-likeness (QED) is 0.521. The zero-order valence-electron chi connectivity index (χ0n) is 17.6. The molecule has 1 amide bonds. The standard InChI is InChI=1S/C24H25BrN4O2/c1-16-5-3-4-6-21(16)31-24-22(26-11-12-27-24)29-13-9-18(10-14-29)23(30)28-20-8-7-19(25)15-17(20)2/h3-8,11-12,15,18H,9-10,13-14H2,1-2H3,(H,28,30). The second-order valence-corrected chi connectivity index (χ2v) is 8.68. The zero-order valence-corrected chi connectivity index (χ0v) is 19.2. The van der Waals surface area contributed by atoms with Gasteiger partial charge in [-0.05, 0) is 62.1 Å². The lowest BCUT2D eigenvalue weighted by atomic mass is 9.95. The molecule has 0 radical (unpaired) electrons. The van der Waals surface area contributed by atoms with Crippen LogP contribution < -0.4 is 15.0 Å². The van der Waals surface area contributed by atoms with Gasteiger partial charge in [-0.1, -0.05) is 34.1 Å². The summed E-state index contributed by atoms with van der Waals surface area (Å²) < 4.78 is 7.07. The van der Waals surface area contributed by atoms with E-state index in [0.29, 0.717) is 11.7 Å². The molecule has 1 aliphatic rings. The lowest BCUT2D eigenvalue weighted by Gasteiger charge is -2.32. The molecule has 1 aromatic heterocycles. The molecule has 0 spiro atoms. The van der Waals surface area contributed by atoms with Crippen molar-refractivity contribution in [3.8, 4) is 11.6 Å². The number of para-hydroxylation sites is 1. The molecule has 4 rings (SSSR count). The third kappa shape index (κ3) is 5.05. The van der Waals surface area contributed by atoms with Gasteiger partial charge < -0.3 is 15.0 Å². The Kier molecular flexibility index (Phi) is 6.51. The van der Waals surface area contributed by atoms with E-state index in [0.717, 1.165) is 53.0 Å². The van der Waals surface area contributed by atoms with Crippen molar-refractivity contribution in [1.29, 1.82) is 0 Å². The fourth-order valence-electron chi connectivity index (χ4n) is 3.74. The molecule has 31 heavy (non-hydrogen) atoms. The van der Waals surface area contributed by atoms with Crippen LogP contribution in [0, 0.1) is 19.8 Å². The molecule has 6 nitrogen and oxygen atoms in total. The van der Waals surface area contributed by atoms with Gasteiger partial charge in [0.05, 0.1) is 0 Å². The van der Waals surface area contributed by atoms with E-state index in [1.54, 1.807) is 12.4 Å². The smallest absolute Gasteiger partial charge is 0.263 e. The summed E-state index contributed by atoms with van der Waals surface area (Å²) in [4.78, 5) is 23.9. The SMILES string of the molecule is Cc1cc(Br)ccc1NC(=O)C1CCN(c2nccnc2Oc2ccccc2C)CC1. The van der Waals surface area contributed by atoms with Crippen molar-refractivity contribution in [1.82, 2.24) is 9.97 Å². The zero-order chi connectivity index (χ0) is 21.8. The van der Waals surface area contributed by atoms with Crippen LogP contribution >= 0.6 is 15.9 Å². The number of carbonyl (C=O) groups is 1. The molecule has 0 aliphatic carbocycles. The average molecular weight is 481 g/mol. The number of nitrogens with one attached hydrogen (secondary N) is 1. The molecule has 3 aromatic rings. The van der Waals surface area contributed by atoms with Gasteiger partial charge in [0.1, 0.15) is 5.75 Å². The summed E-state index contributed by atoms with van der Waals surface area (Å²) in [5.41, 5.74) is 2.94. The Labute approximate surface area is 190 Å². The van der Waals surface area contributed by atoms with Crippen molar-refractivity contribution in [2.45, 2.75) is 26.7 Å². The van der Waals surface area contributed by atoms with Gasteiger partial charge in [-0.15, -0.1) is 0 Å². The van der Waals surface area contributed by atoms with Crippen LogP contribution in [0.3, 0.4) is 0 Å². The Hall–Kier alpha value is -2.93. The number of ether oxygens (including phenoxy) is 1. The van der Waals surface area contributed by atoms with Crippen molar-refractivity contribution in [3.63, 3.8) is 0 Å². The second-order valence-electron chi connectivity index (χ2n) is 7.76. The number of aryl methyl sites for hydroxylation is 2. The highest BCUT2D eigenvalue weighted by Gasteiger charge is 2.28. The van der Waals surface area contributed by atoms with E-state index in [9.17, 15) is 4.79 Å². The van der Waals surface area contributed by atoms with Crippen LogP contribution in [0.1, 0.15) is 24.0 Å².